The number of rotatable bonds is 9. The van der Waals surface area contributed by atoms with E-state index in [4.69, 9.17) is 0 Å². The first-order chi connectivity index (χ1) is 35.8. The van der Waals surface area contributed by atoms with Crippen molar-refractivity contribution >= 4 is 88.2 Å². The third-order valence-corrected chi connectivity index (χ3v) is 14.6. The highest BCUT2D eigenvalue weighted by atomic mass is 15.2. The summed E-state index contributed by atoms with van der Waals surface area (Å²) in [7, 11) is 0. The monoisotopic (exact) mass is 935 g/mol. The average molecular weight is 936 g/mol. The molecule has 0 spiro atoms. The third kappa shape index (κ3) is 7.69. The molecular formula is C70H53N3. The van der Waals surface area contributed by atoms with Gasteiger partial charge in [-0.25, -0.2) is 0 Å². The molecule has 12 aromatic carbocycles. The van der Waals surface area contributed by atoms with Gasteiger partial charge in [0.05, 0.1) is 11.0 Å². The number of hydrogen-bond acceptors (Lipinski definition) is 2. The molecule has 0 aliphatic rings. The van der Waals surface area contributed by atoms with Crippen LogP contribution in [0.1, 0.15) is 22.3 Å². The molecule has 0 N–H and O–H groups in total. The largest absolute Gasteiger partial charge is 0.310 e. The molecule has 348 valence electrons. The number of benzene rings is 12. The number of anilines is 6. The molecule has 1 heterocycles. The summed E-state index contributed by atoms with van der Waals surface area (Å²) in [4.78, 5) is 4.84. The number of nitrogens with zero attached hydrogens (tertiary/aromatic N) is 3. The molecule has 3 heteroatoms. The highest BCUT2D eigenvalue weighted by Gasteiger charge is 2.23. The van der Waals surface area contributed by atoms with Gasteiger partial charge in [0.1, 0.15) is 0 Å². The first-order valence-electron chi connectivity index (χ1n) is 25.3. The van der Waals surface area contributed by atoms with Crippen molar-refractivity contribution in [1.82, 2.24) is 4.57 Å². The first kappa shape index (κ1) is 43.8. The van der Waals surface area contributed by atoms with Crippen LogP contribution in [0.2, 0.25) is 0 Å². The SMILES string of the molecule is Cc1cc(C)cc(N(c2ccccc2)c2cc(-c3ccc(-c4ccc5c(c4)c4c6ccccc6c6ccccc6c4n5-c4ccccc4)c4ccccc34)cc(N(c3ccccc3)c3cc(C)cc(C)c3)c2)c1. The van der Waals surface area contributed by atoms with E-state index in [9.17, 15) is 0 Å². The van der Waals surface area contributed by atoms with Crippen LogP contribution in [0.5, 0.6) is 0 Å². The van der Waals surface area contributed by atoms with E-state index in [1.807, 2.05) is 0 Å². The minimum absolute atomic E-state index is 1.07. The zero-order valence-corrected chi connectivity index (χ0v) is 41.5. The number of aryl methyl sites for hydroxylation is 4. The second kappa shape index (κ2) is 17.9. The van der Waals surface area contributed by atoms with Crippen molar-refractivity contribution < 1.29 is 0 Å². The molecule has 0 amide bonds. The molecule has 0 bridgehead atoms. The summed E-state index contributed by atoms with van der Waals surface area (Å²) in [6, 6.07) is 91.9. The summed E-state index contributed by atoms with van der Waals surface area (Å²) in [6.45, 7) is 8.76. The van der Waals surface area contributed by atoms with Gasteiger partial charge in [-0.15, -0.1) is 0 Å². The van der Waals surface area contributed by atoms with Gasteiger partial charge >= 0.3 is 0 Å². The lowest BCUT2D eigenvalue weighted by Crippen LogP contribution is -2.14. The second-order valence-electron chi connectivity index (χ2n) is 19.7. The van der Waals surface area contributed by atoms with Gasteiger partial charge in [0.2, 0.25) is 0 Å². The van der Waals surface area contributed by atoms with E-state index in [0.29, 0.717) is 0 Å². The minimum Gasteiger partial charge on any atom is -0.310 e. The van der Waals surface area contributed by atoms with Gasteiger partial charge in [-0.05, 0) is 190 Å². The van der Waals surface area contributed by atoms with Crippen molar-refractivity contribution in [3.8, 4) is 27.9 Å². The molecule has 13 rings (SSSR count). The second-order valence-corrected chi connectivity index (χ2v) is 19.7. The molecule has 3 nitrogen and oxygen atoms in total. The molecule has 0 saturated heterocycles. The quantitative estimate of drug-likeness (QED) is 0.134. The molecule has 0 unspecified atom stereocenters. The number of fused-ring (bicyclic) bond motifs is 9. The van der Waals surface area contributed by atoms with Crippen LogP contribution >= 0.6 is 0 Å². The molecular weight excluding hydrogens is 883 g/mol. The normalized spacial score (nSPS) is 11.6. The van der Waals surface area contributed by atoms with Crippen molar-refractivity contribution in [2.24, 2.45) is 0 Å². The Hall–Kier alpha value is -9.18. The molecule has 0 saturated carbocycles. The van der Waals surface area contributed by atoms with Gasteiger partial charge in [-0.1, -0.05) is 158 Å². The maximum absolute atomic E-state index is 2.47. The van der Waals surface area contributed by atoms with Gasteiger partial charge in [-0.3, -0.25) is 0 Å². The lowest BCUT2D eigenvalue weighted by Gasteiger charge is -2.31. The Labute approximate surface area is 427 Å². The van der Waals surface area contributed by atoms with Crippen molar-refractivity contribution in [2.45, 2.75) is 27.7 Å². The topological polar surface area (TPSA) is 11.4 Å². The van der Waals surface area contributed by atoms with Crippen LogP contribution in [0.3, 0.4) is 0 Å². The maximum Gasteiger partial charge on any atom is 0.0625 e. The molecule has 1 aromatic heterocycles. The summed E-state index contributed by atoms with van der Waals surface area (Å²) >= 11 is 0. The fourth-order valence-electron chi connectivity index (χ4n) is 11.7. The van der Waals surface area contributed by atoms with Crippen molar-refractivity contribution in [2.75, 3.05) is 9.80 Å². The average Bonchev–Trinajstić information content (AvgIpc) is 3.76. The van der Waals surface area contributed by atoms with E-state index in [1.165, 1.54) is 93.1 Å². The number of para-hydroxylation sites is 3. The predicted molar refractivity (Wildman–Crippen MR) is 312 cm³/mol. The molecule has 0 radical (unpaired) electrons. The van der Waals surface area contributed by atoms with Crippen LogP contribution in [0, 0.1) is 27.7 Å². The lowest BCUT2D eigenvalue weighted by atomic mass is 9.90. The first-order valence-corrected chi connectivity index (χ1v) is 25.3. The fraction of sp³-hybridized carbons (Fsp3) is 0.0571. The van der Waals surface area contributed by atoms with E-state index in [1.54, 1.807) is 0 Å². The zero-order chi connectivity index (χ0) is 49.2. The van der Waals surface area contributed by atoms with Gasteiger partial charge in [0.25, 0.3) is 0 Å². The molecule has 0 aliphatic carbocycles. The Morgan fingerprint density at radius 3 is 1.21 bits per heavy atom. The van der Waals surface area contributed by atoms with E-state index in [0.717, 1.165) is 45.4 Å². The molecule has 0 atom stereocenters. The Morgan fingerprint density at radius 1 is 0.274 bits per heavy atom. The Kier molecular flexibility index (Phi) is 10.7. The van der Waals surface area contributed by atoms with E-state index in [2.05, 4.69) is 291 Å². The number of hydrogen-bond donors (Lipinski definition) is 0. The molecule has 73 heavy (non-hydrogen) atoms. The Bertz CT molecular complexity index is 4090. The van der Waals surface area contributed by atoms with Crippen LogP contribution < -0.4 is 9.80 Å². The van der Waals surface area contributed by atoms with Crippen LogP contribution in [-0.2, 0) is 0 Å². The Balaban J connectivity index is 1.06. The van der Waals surface area contributed by atoms with Crippen molar-refractivity contribution in [3.63, 3.8) is 0 Å². The van der Waals surface area contributed by atoms with Crippen LogP contribution in [0.4, 0.5) is 34.1 Å². The predicted octanol–water partition coefficient (Wildman–Crippen LogP) is 19.8. The summed E-state index contributed by atoms with van der Waals surface area (Å²) < 4.78 is 2.47. The smallest absolute Gasteiger partial charge is 0.0625 e. The lowest BCUT2D eigenvalue weighted by molar-refractivity contribution is 1.19. The van der Waals surface area contributed by atoms with Gasteiger partial charge in [0.15, 0.2) is 0 Å². The van der Waals surface area contributed by atoms with Gasteiger partial charge in [-0.2, -0.15) is 0 Å². The van der Waals surface area contributed by atoms with Crippen LogP contribution in [0.15, 0.2) is 249 Å². The van der Waals surface area contributed by atoms with Crippen molar-refractivity contribution in [3.05, 3.63) is 271 Å². The molecule has 13 aromatic rings. The maximum atomic E-state index is 2.47. The third-order valence-electron chi connectivity index (χ3n) is 14.6. The number of aromatic nitrogens is 1. The molecule has 0 fully saturated rings. The van der Waals surface area contributed by atoms with E-state index < -0.39 is 0 Å². The Morgan fingerprint density at radius 2 is 0.685 bits per heavy atom. The van der Waals surface area contributed by atoms with Gasteiger partial charge in [0, 0.05) is 56.0 Å². The summed E-state index contributed by atoms with van der Waals surface area (Å²) in [6.07, 6.45) is 0. The summed E-state index contributed by atoms with van der Waals surface area (Å²) in [5.41, 5.74) is 19.7. The highest BCUT2D eigenvalue weighted by molar-refractivity contribution is 6.32. The summed E-state index contributed by atoms with van der Waals surface area (Å²) in [5.74, 6) is 0. The van der Waals surface area contributed by atoms with E-state index >= 15 is 0 Å². The van der Waals surface area contributed by atoms with Crippen molar-refractivity contribution in [1.29, 1.82) is 0 Å². The fourth-order valence-corrected chi connectivity index (χ4v) is 11.7. The highest BCUT2D eigenvalue weighted by Crippen LogP contribution is 2.48. The standard InChI is InChI=1S/C70H53N3/c1-46-36-47(2)39-55(38-46)71(52-20-8-5-9-21-52)57-42-51(43-58(45-57)72(53-22-10-6-11-23-53)56-40-48(3)37-49(4)41-56)60-34-33-59(61-26-14-15-27-62(60)61)50-32-35-68-67(44-50)69-65-30-18-16-28-63(65)64-29-17-19-31-66(64)70(69)73(68)54-24-12-7-13-25-54/h5-45H,1-4H3. The summed E-state index contributed by atoms with van der Waals surface area (Å²) in [5, 5.41) is 9.97. The molecule has 0 aliphatic heterocycles. The van der Waals surface area contributed by atoms with Crippen LogP contribution in [-0.4, -0.2) is 4.57 Å². The van der Waals surface area contributed by atoms with Gasteiger partial charge < -0.3 is 14.4 Å². The van der Waals surface area contributed by atoms with Crippen LogP contribution in [0.25, 0.3) is 82.1 Å². The minimum atomic E-state index is 1.07. The zero-order valence-electron chi connectivity index (χ0n) is 41.5. The van der Waals surface area contributed by atoms with E-state index in [-0.39, 0.29) is 0 Å².